The first-order valence-corrected chi connectivity index (χ1v) is 11.9. The van der Waals surface area contributed by atoms with E-state index in [2.05, 4.69) is 21.5 Å². The van der Waals surface area contributed by atoms with E-state index in [9.17, 15) is 14.4 Å². The number of H-pyrrole nitrogens is 1. The van der Waals surface area contributed by atoms with Gasteiger partial charge in [0.1, 0.15) is 16.5 Å². The van der Waals surface area contributed by atoms with Crippen molar-refractivity contribution in [3.8, 4) is 5.69 Å². The second-order valence-corrected chi connectivity index (χ2v) is 9.73. The van der Waals surface area contributed by atoms with Gasteiger partial charge < -0.3 is 14.8 Å². The molecule has 0 radical (unpaired) electrons. The third-order valence-corrected chi connectivity index (χ3v) is 6.75. The van der Waals surface area contributed by atoms with E-state index in [0.717, 1.165) is 11.3 Å². The van der Waals surface area contributed by atoms with E-state index in [-0.39, 0.29) is 36.4 Å². The largest absolute Gasteiger partial charge is 0.355 e. The number of nitrogens with zero attached hydrogens (tertiary/aromatic N) is 5. The zero-order chi connectivity index (χ0) is 25.6. The SMILES string of the molecule is C.C=CC(=O)N1C[C@H](C)N(c2nc(=O)n(-c3c(C)ccnc3C(C)C)c3[nH]c(=O)c(Cl)cc23)C[C@H]1C. The van der Waals surface area contributed by atoms with Gasteiger partial charge >= 0.3 is 5.69 Å². The van der Waals surface area contributed by atoms with Gasteiger partial charge in [0.15, 0.2) is 0 Å². The number of amides is 1. The van der Waals surface area contributed by atoms with Crippen molar-refractivity contribution in [1.29, 1.82) is 0 Å². The Hall–Kier alpha value is -3.46. The third-order valence-electron chi connectivity index (χ3n) is 6.47. The normalized spacial score (nSPS) is 17.9. The number of hydrogen-bond acceptors (Lipinski definition) is 6. The summed E-state index contributed by atoms with van der Waals surface area (Å²) < 4.78 is 1.42. The van der Waals surface area contributed by atoms with Crippen molar-refractivity contribution in [2.45, 2.75) is 60.0 Å². The summed E-state index contributed by atoms with van der Waals surface area (Å²) in [4.78, 5) is 54.0. The fraction of sp³-hybridized carbons (Fsp3) is 0.423. The van der Waals surface area contributed by atoms with E-state index in [1.807, 2.05) is 45.6 Å². The molecule has 1 N–H and O–H groups in total. The Morgan fingerprint density at radius 2 is 1.94 bits per heavy atom. The van der Waals surface area contributed by atoms with Crippen molar-refractivity contribution >= 4 is 34.4 Å². The number of carbonyl (C=O) groups excluding carboxylic acids is 1. The highest BCUT2D eigenvalue weighted by molar-refractivity contribution is 6.31. The number of carbonyl (C=O) groups is 1. The monoisotopic (exact) mass is 512 g/mol. The van der Waals surface area contributed by atoms with Gasteiger partial charge in [-0.05, 0) is 50.5 Å². The number of rotatable bonds is 4. The van der Waals surface area contributed by atoms with Gasteiger partial charge in [-0.25, -0.2) is 9.36 Å². The van der Waals surface area contributed by atoms with E-state index >= 15 is 0 Å². The molecule has 36 heavy (non-hydrogen) atoms. The predicted molar refractivity (Wildman–Crippen MR) is 145 cm³/mol. The van der Waals surface area contributed by atoms with Crippen LogP contribution >= 0.6 is 11.6 Å². The summed E-state index contributed by atoms with van der Waals surface area (Å²) in [5.41, 5.74) is 1.41. The maximum atomic E-state index is 13.6. The summed E-state index contributed by atoms with van der Waals surface area (Å²) in [6, 6.07) is 3.09. The number of halogens is 1. The first-order chi connectivity index (χ1) is 16.5. The number of hydrogen-bond donors (Lipinski definition) is 1. The van der Waals surface area contributed by atoms with Gasteiger partial charge in [-0.1, -0.05) is 39.5 Å². The first-order valence-electron chi connectivity index (χ1n) is 11.6. The molecule has 1 fully saturated rings. The molecule has 1 saturated heterocycles. The Kier molecular flexibility index (Phi) is 7.73. The van der Waals surface area contributed by atoms with Gasteiger partial charge in [0.05, 0.1) is 16.8 Å². The zero-order valence-corrected chi connectivity index (χ0v) is 21.3. The van der Waals surface area contributed by atoms with Crippen LogP contribution in [0.5, 0.6) is 0 Å². The van der Waals surface area contributed by atoms with Crippen molar-refractivity contribution in [2.24, 2.45) is 0 Å². The smallest absolute Gasteiger partial charge is 0.349 e. The summed E-state index contributed by atoms with van der Waals surface area (Å²) in [5, 5.41) is 0.536. The number of aryl methyl sites for hydroxylation is 1. The van der Waals surface area contributed by atoms with Crippen LogP contribution in [0.1, 0.15) is 52.3 Å². The van der Waals surface area contributed by atoms with Crippen molar-refractivity contribution < 1.29 is 4.79 Å². The van der Waals surface area contributed by atoms with Crippen LogP contribution in [-0.2, 0) is 4.79 Å². The van der Waals surface area contributed by atoms with E-state index in [0.29, 0.717) is 35.6 Å². The summed E-state index contributed by atoms with van der Waals surface area (Å²) in [6.07, 6.45) is 3.01. The Bertz CT molecular complexity index is 1440. The molecule has 3 aromatic rings. The molecular weight excluding hydrogens is 480 g/mol. The number of pyridine rings is 2. The second kappa shape index (κ2) is 10.3. The lowest BCUT2D eigenvalue weighted by Crippen LogP contribution is -2.58. The van der Waals surface area contributed by atoms with Crippen LogP contribution in [0.15, 0.2) is 40.6 Å². The number of aromatic nitrogens is 4. The van der Waals surface area contributed by atoms with E-state index in [4.69, 9.17) is 11.6 Å². The van der Waals surface area contributed by atoms with E-state index < -0.39 is 11.2 Å². The average Bonchev–Trinajstić information content (AvgIpc) is 2.81. The molecule has 192 valence electrons. The lowest BCUT2D eigenvalue weighted by atomic mass is 10.0. The van der Waals surface area contributed by atoms with Crippen molar-refractivity contribution in [3.05, 3.63) is 68.1 Å². The molecule has 1 amide bonds. The molecule has 0 saturated carbocycles. The fourth-order valence-electron chi connectivity index (χ4n) is 4.70. The van der Waals surface area contributed by atoms with Crippen molar-refractivity contribution in [1.82, 2.24) is 24.4 Å². The average molecular weight is 513 g/mol. The molecule has 9 nitrogen and oxygen atoms in total. The maximum absolute atomic E-state index is 13.6. The molecule has 0 aromatic carbocycles. The highest BCUT2D eigenvalue weighted by Crippen LogP contribution is 2.31. The Morgan fingerprint density at radius 3 is 2.58 bits per heavy atom. The molecule has 10 heteroatoms. The molecule has 3 aromatic heterocycles. The van der Waals surface area contributed by atoms with Crippen LogP contribution < -0.4 is 16.1 Å². The highest BCUT2D eigenvalue weighted by Gasteiger charge is 2.33. The standard InChI is InChI=1S/C25H29ClN6O3.CH4/c1-7-19(33)30-11-16(6)31(12-15(30)5)22-17-10-18(26)24(34)28-23(17)32(25(35)29-22)21-14(4)8-9-27-20(21)13(2)3;/h7-10,13,15-16H,1,11-12H2,2-6H3,(H,28,34);1H4/t15-,16+;/m1./s1. The number of aromatic amines is 1. The summed E-state index contributed by atoms with van der Waals surface area (Å²) >= 11 is 6.24. The lowest BCUT2D eigenvalue weighted by Gasteiger charge is -2.44. The highest BCUT2D eigenvalue weighted by atomic mass is 35.5. The van der Waals surface area contributed by atoms with Gasteiger partial charge in [-0.15, -0.1) is 0 Å². The van der Waals surface area contributed by atoms with Gasteiger partial charge in [-0.3, -0.25) is 14.6 Å². The lowest BCUT2D eigenvalue weighted by molar-refractivity contribution is -0.128. The molecular formula is C26H33ClN6O3. The van der Waals surface area contributed by atoms with Crippen LogP contribution in [0.4, 0.5) is 5.82 Å². The number of fused-ring (bicyclic) bond motifs is 1. The minimum Gasteiger partial charge on any atom is -0.349 e. The van der Waals surface area contributed by atoms with Gasteiger partial charge in [0, 0.05) is 31.4 Å². The molecule has 0 bridgehead atoms. The third kappa shape index (κ3) is 4.55. The Morgan fingerprint density at radius 1 is 1.25 bits per heavy atom. The maximum Gasteiger partial charge on any atom is 0.355 e. The fourth-order valence-corrected chi connectivity index (χ4v) is 4.85. The molecule has 0 aliphatic carbocycles. The van der Waals surface area contributed by atoms with Gasteiger partial charge in [-0.2, -0.15) is 4.98 Å². The summed E-state index contributed by atoms with van der Waals surface area (Å²) in [7, 11) is 0. The molecule has 1 aliphatic heterocycles. The minimum atomic E-state index is -0.534. The van der Waals surface area contributed by atoms with Crippen molar-refractivity contribution in [3.63, 3.8) is 0 Å². The quantitative estimate of drug-likeness (QED) is 0.533. The van der Waals surface area contributed by atoms with Crippen LogP contribution in [0.3, 0.4) is 0 Å². The summed E-state index contributed by atoms with van der Waals surface area (Å²) in [6.45, 7) is 14.3. The molecule has 1 aliphatic rings. The van der Waals surface area contributed by atoms with Crippen LogP contribution in [-0.4, -0.2) is 55.5 Å². The topological polar surface area (TPSA) is 104 Å². The number of piperazine rings is 1. The van der Waals surface area contributed by atoms with Crippen LogP contribution in [0.2, 0.25) is 5.02 Å². The molecule has 4 heterocycles. The van der Waals surface area contributed by atoms with Crippen molar-refractivity contribution in [2.75, 3.05) is 18.0 Å². The Balaban J connectivity index is 0.00000361. The molecule has 2 atom stereocenters. The van der Waals surface area contributed by atoms with E-state index in [1.54, 1.807) is 17.2 Å². The number of nitrogens with one attached hydrogen (secondary N) is 1. The predicted octanol–water partition coefficient (Wildman–Crippen LogP) is 3.80. The molecule has 0 spiro atoms. The molecule has 4 rings (SSSR count). The first kappa shape index (κ1) is 27.1. The number of anilines is 1. The van der Waals surface area contributed by atoms with Crippen LogP contribution in [0, 0.1) is 6.92 Å². The minimum absolute atomic E-state index is 0. The van der Waals surface area contributed by atoms with Gasteiger partial charge in [0.2, 0.25) is 5.91 Å². The van der Waals surface area contributed by atoms with Gasteiger partial charge in [0.25, 0.3) is 5.56 Å². The molecule has 0 unspecified atom stereocenters. The van der Waals surface area contributed by atoms with Crippen LogP contribution in [0.25, 0.3) is 16.7 Å². The summed E-state index contributed by atoms with van der Waals surface area (Å²) in [5.74, 6) is 0.303. The van der Waals surface area contributed by atoms with E-state index in [1.165, 1.54) is 10.6 Å². The zero-order valence-electron chi connectivity index (χ0n) is 20.5. The Labute approximate surface area is 215 Å². The second-order valence-electron chi connectivity index (χ2n) is 9.32.